The van der Waals surface area contributed by atoms with E-state index in [1.54, 1.807) is 4.90 Å². The van der Waals surface area contributed by atoms with E-state index in [4.69, 9.17) is 20.9 Å². The number of ether oxygens (including phenoxy) is 2. The fraction of sp³-hybridized carbons (Fsp3) is 0.622. The predicted molar refractivity (Wildman–Crippen MR) is 221 cm³/mol. The average molecular weight is 793 g/mol. The molecule has 2 amide bonds. The maximum Gasteiger partial charge on any atom is 0.309 e. The minimum Gasteiger partial charge on any atom is -0.481 e. The normalized spacial score (nSPS) is 16.1. The number of piperidine rings is 1. The minimum atomic E-state index is -0.944. The van der Waals surface area contributed by atoms with Crippen LogP contribution in [0.3, 0.4) is 0 Å². The minimum absolute atomic E-state index is 0.0560. The number of unbranched alkanes of at least 4 members (excludes halogenated alkanes) is 1. The zero-order chi connectivity index (χ0) is 41.6. The van der Waals surface area contributed by atoms with E-state index >= 15 is 0 Å². The summed E-state index contributed by atoms with van der Waals surface area (Å²) in [5, 5.41) is 13.2. The molecule has 3 rings (SSSR count). The first-order valence-electron chi connectivity index (χ1n) is 21.0. The van der Waals surface area contributed by atoms with Gasteiger partial charge in [-0.3, -0.25) is 24.0 Å². The second-order valence-electron chi connectivity index (χ2n) is 16.0. The summed E-state index contributed by atoms with van der Waals surface area (Å²) in [4.78, 5) is 70.1. The van der Waals surface area contributed by atoms with Crippen molar-refractivity contribution in [3.05, 3.63) is 71.8 Å². The third-order valence-electron chi connectivity index (χ3n) is 11.1. The molecule has 1 aliphatic rings. The van der Waals surface area contributed by atoms with Crippen LogP contribution >= 0.6 is 0 Å². The number of carbonyl (C=O) groups excluding carboxylic acids is 4. The number of likely N-dealkylation sites (tertiary alicyclic amines) is 1. The Morgan fingerprint density at radius 2 is 1.40 bits per heavy atom. The summed E-state index contributed by atoms with van der Waals surface area (Å²) in [6, 6.07) is 17.3. The number of carbonyl (C=O) groups is 5. The maximum atomic E-state index is 14.2. The van der Waals surface area contributed by atoms with Gasteiger partial charge in [-0.25, -0.2) is 0 Å². The van der Waals surface area contributed by atoms with E-state index in [-0.39, 0.29) is 49.3 Å². The van der Waals surface area contributed by atoms with E-state index in [1.807, 2.05) is 81.4 Å². The van der Waals surface area contributed by atoms with Crippen molar-refractivity contribution in [1.29, 1.82) is 0 Å². The van der Waals surface area contributed by atoms with Crippen LogP contribution in [0.5, 0.6) is 0 Å². The van der Waals surface area contributed by atoms with Gasteiger partial charge < -0.3 is 36.3 Å². The summed E-state index contributed by atoms with van der Waals surface area (Å²) < 4.78 is 10.9. The Labute approximate surface area is 339 Å². The number of hydrogen-bond acceptors (Lipinski definition) is 9. The number of hydrogen-bond donors (Lipinski definition) is 4. The van der Waals surface area contributed by atoms with Crippen molar-refractivity contribution < 1.29 is 38.6 Å². The maximum absolute atomic E-state index is 14.2. The molecule has 1 saturated heterocycles. The molecular weight excluding hydrogens is 725 g/mol. The molecule has 4 atom stereocenters. The first-order chi connectivity index (χ1) is 27.4. The van der Waals surface area contributed by atoms with Crippen LogP contribution < -0.4 is 16.8 Å². The standard InChI is InChI=1S/C45H68N4O8/c1-4-56-26-27-57-25-13-19-45(44(54)55)20-23-49(24-21-45)43(53)36(18-11-12-22-46)31-41(51)39(28-33(2)3)48-42(52)37(29-34-14-7-5-8-15-34)32-40(50)38(47)30-35-16-9-6-10-17-35/h5-10,14-17,33,36-39H,4,11-13,18-32,46-47H2,1-3H3,(H,48,52)(H,54,55)/t36-,37-,38+,39+/m0/s1. The summed E-state index contributed by atoms with van der Waals surface area (Å²) >= 11 is 0. The Bertz CT molecular complexity index is 1510. The molecule has 0 radical (unpaired) electrons. The van der Waals surface area contributed by atoms with Crippen molar-refractivity contribution in [1.82, 2.24) is 10.2 Å². The topological polar surface area (TPSA) is 191 Å². The van der Waals surface area contributed by atoms with E-state index < -0.39 is 41.2 Å². The van der Waals surface area contributed by atoms with Gasteiger partial charge in [-0.1, -0.05) is 80.9 Å². The summed E-state index contributed by atoms with van der Waals surface area (Å²) in [6.07, 6.45) is 4.36. The predicted octanol–water partition coefficient (Wildman–Crippen LogP) is 5.14. The molecule has 6 N–H and O–H groups in total. The largest absolute Gasteiger partial charge is 0.481 e. The van der Waals surface area contributed by atoms with E-state index in [1.165, 1.54) is 0 Å². The second-order valence-corrected chi connectivity index (χ2v) is 16.0. The SMILES string of the molecule is CCOCCOCCCC1(C(=O)O)CCN(C(=O)[C@@H](CCCCN)CC(=O)[C@@H](CC(C)C)NC(=O)[C@H](CC(=O)[C@H](N)Cc2ccccc2)Cc2ccccc2)CC1. The van der Waals surface area contributed by atoms with Crippen molar-refractivity contribution in [2.75, 3.05) is 46.1 Å². The van der Waals surface area contributed by atoms with Crippen LogP contribution in [0.4, 0.5) is 0 Å². The van der Waals surface area contributed by atoms with Gasteiger partial charge in [0.25, 0.3) is 0 Å². The molecule has 316 valence electrons. The average Bonchev–Trinajstić information content (AvgIpc) is 3.20. The number of nitrogens with two attached hydrogens (primary N) is 2. The Morgan fingerprint density at radius 1 is 0.807 bits per heavy atom. The van der Waals surface area contributed by atoms with E-state index in [0.29, 0.717) is 97.2 Å². The Hall–Kier alpha value is -3.97. The van der Waals surface area contributed by atoms with E-state index in [0.717, 1.165) is 11.1 Å². The van der Waals surface area contributed by atoms with Gasteiger partial charge in [-0.2, -0.15) is 0 Å². The molecule has 12 nitrogen and oxygen atoms in total. The molecule has 57 heavy (non-hydrogen) atoms. The molecular formula is C45H68N4O8. The first kappa shape index (κ1) is 47.4. The van der Waals surface area contributed by atoms with Crippen LogP contribution in [-0.2, 0) is 46.3 Å². The van der Waals surface area contributed by atoms with Crippen LogP contribution in [-0.4, -0.2) is 97.5 Å². The fourth-order valence-electron chi connectivity index (χ4n) is 7.66. The van der Waals surface area contributed by atoms with Crippen molar-refractivity contribution >= 4 is 29.4 Å². The highest BCUT2D eigenvalue weighted by Gasteiger charge is 2.43. The summed E-state index contributed by atoms with van der Waals surface area (Å²) in [5.41, 5.74) is 13.0. The third kappa shape index (κ3) is 16.4. The van der Waals surface area contributed by atoms with Crippen molar-refractivity contribution in [2.45, 2.75) is 110 Å². The fourth-order valence-corrected chi connectivity index (χ4v) is 7.66. The van der Waals surface area contributed by atoms with Gasteiger partial charge in [0.15, 0.2) is 11.6 Å². The van der Waals surface area contributed by atoms with Gasteiger partial charge in [-0.05, 0) is 88.3 Å². The molecule has 0 unspecified atom stereocenters. The molecule has 2 aromatic rings. The van der Waals surface area contributed by atoms with Crippen molar-refractivity contribution in [3.63, 3.8) is 0 Å². The smallest absolute Gasteiger partial charge is 0.309 e. The van der Waals surface area contributed by atoms with Gasteiger partial charge in [0, 0.05) is 51.0 Å². The third-order valence-corrected chi connectivity index (χ3v) is 11.1. The monoisotopic (exact) mass is 793 g/mol. The van der Waals surface area contributed by atoms with Crippen LogP contribution in [0.1, 0.15) is 96.1 Å². The van der Waals surface area contributed by atoms with Crippen LogP contribution in [0.2, 0.25) is 0 Å². The number of carboxylic acid groups (broad SMARTS) is 1. The highest BCUT2D eigenvalue weighted by molar-refractivity contribution is 5.95. The van der Waals surface area contributed by atoms with Crippen molar-refractivity contribution in [3.8, 4) is 0 Å². The quantitative estimate of drug-likeness (QED) is 0.0840. The lowest BCUT2D eigenvalue weighted by atomic mass is 9.74. The zero-order valence-electron chi connectivity index (χ0n) is 34.5. The molecule has 1 aliphatic heterocycles. The van der Waals surface area contributed by atoms with Crippen LogP contribution in [0.25, 0.3) is 0 Å². The number of aliphatic carboxylic acids is 1. The molecule has 0 bridgehead atoms. The number of benzene rings is 2. The van der Waals surface area contributed by atoms with E-state index in [9.17, 15) is 29.1 Å². The van der Waals surface area contributed by atoms with Gasteiger partial charge in [0.05, 0.1) is 30.7 Å². The Morgan fingerprint density at radius 3 is 1.98 bits per heavy atom. The van der Waals surface area contributed by atoms with Crippen LogP contribution in [0, 0.1) is 23.2 Å². The van der Waals surface area contributed by atoms with Gasteiger partial charge in [-0.15, -0.1) is 0 Å². The zero-order valence-corrected chi connectivity index (χ0v) is 34.5. The summed E-state index contributed by atoms with van der Waals surface area (Å²) in [5.74, 6) is -3.24. The number of nitrogens with zero attached hydrogens (tertiary/aromatic N) is 1. The van der Waals surface area contributed by atoms with Gasteiger partial charge >= 0.3 is 5.97 Å². The molecule has 0 spiro atoms. The summed E-state index contributed by atoms with van der Waals surface area (Å²) in [7, 11) is 0. The van der Waals surface area contributed by atoms with E-state index in [2.05, 4.69) is 5.32 Å². The number of amides is 2. The molecule has 2 aromatic carbocycles. The van der Waals surface area contributed by atoms with Gasteiger partial charge in [0.1, 0.15) is 0 Å². The molecule has 0 saturated carbocycles. The Balaban J connectivity index is 1.72. The highest BCUT2D eigenvalue weighted by Crippen LogP contribution is 2.37. The lowest BCUT2D eigenvalue weighted by Crippen LogP contribution is -2.49. The molecule has 1 fully saturated rings. The molecule has 1 heterocycles. The number of rotatable bonds is 28. The molecule has 0 aromatic heterocycles. The number of carboxylic acids is 1. The lowest BCUT2D eigenvalue weighted by molar-refractivity contribution is -0.156. The number of Topliss-reactive ketones (excluding diaryl/α,β-unsaturated/α-hetero) is 2. The first-order valence-corrected chi connectivity index (χ1v) is 21.0. The number of ketones is 2. The summed E-state index contributed by atoms with van der Waals surface area (Å²) in [6.45, 7) is 8.89. The lowest BCUT2D eigenvalue weighted by Gasteiger charge is -2.40. The van der Waals surface area contributed by atoms with Crippen molar-refractivity contribution in [2.24, 2.45) is 34.6 Å². The van der Waals surface area contributed by atoms with Crippen LogP contribution in [0.15, 0.2) is 60.7 Å². The molecule has 12 heteroatoms. The second kappa shape index (κ2) is 25.4. The highest BCUT2D eigenvalue weighted by atomic mass is 16.5. The van der Waals surface area contributed by atoms with Gasteiger partial charge in [0.2, 0.25) is 11.8 Å². The molecule has 0 aliphatic carbocycles. The Kier molecular flexibility index (Phi) is 21.1. The number of nitrogens with one attached hydrogen (secondary N) is 1.